The third-order valence-electron chi connectivity index (χ3n) is 4.82. The molecule has 0 bridgehead atoms. The maximum atomic E-state index is 12.8. The predicted octanol–water partition coefficient (Wildman–Crippen LogP) is 1.87. The summed E-state index contributed by atoms with van der Waals surface area (Å²) in [5.74, 6) is -2.13. The van der Waals surface area contributed by atoms with Gasteiger partial charge >= 0.3 is 11.8 Å². The number of nitrogens with one attached hydrogen (secondary N) is 2. The summed E-state index contributed by atoms with van der Waals surface area (Å²) in [5, 5.41) is 16.9. The Labute approximate surface area is 182 Å². The van der Waals surface area contributed by atoms with Crippen molar-refractivity contribution in [2.75, 3.05) is 5.32 Å². The molecule has 32 heavy (non-hydrogen) atoms. The Morgan fingerprint density at radius 2 is 1.66 bits per heavy atom. The van der Waals surface area contributed by atoms with Crippen molar-refractivity contribution in [3.63, 3.8) is 0 Å². The lowest BCUT2D eigenvalue weighted by atomic mass is 10.1. The van der Waals surface area contributed by atoms with Gasteiger partial charge < -0.3 is 5.32 Å². The Morgan fingerprint density at radius 3 is 2.25 bits per heavy atom. The summed E-state index contributed by atoms with van der Waals surface area (Å²) in [5.41, 5.74) is 3.47. The van der Waals surface area contributed by atoms with E-state index in [0.29, 0.717) is 22.7 Å². The van der Waals surface area contributed by atoms with E-state index in [4.69, 9.17) is 0 Å². The molecule has 0 spiro atoms. The maximum absolute atomic E-state index is 12.8. The van der Waals surface area contributed by atoms with E-state index in [2.05, 4.69) is 15.8 Å². The Balaban J connectivity index is 1.74. The van der Waals surface area contributed by atoms with Gasteiger partial charge in [-0.1, -0.05) is 18.2 Å². The number of aromatic nitrogens is 2. The molecular formula is C21H20N6O5. The van der Waals surface area contributed by atoms with Gasteiger partial charge in [0.2, 0.25) is 0 Å². The van der Waals surface area contributed by atoms with Crippen molar-refractivity contribution in [1.82, 2.24) is 14.8 Å². The standard InChI is InChI=1S/C21H20N6O5/c1-13(15-9-11-17(12-10-15)27(31)32)23-24-20(29)19(28)22-18-14(2)25(3)26(21(18)30)16-7-5-4-6-8-16/h4-12H,1-3H3,(H,22,28)(H,24,29). The van der Waals surface area contributed by atoms with Crippen molar-refractivity contribution in [3.05, 3.63) is 86.3 Å². The van der Waals surface area contributed by atoms with E-state index in [0.717, 1.165) is 0 Å². The topological polar surface area (TPSA) is 141 Å². The second-order valence-electron chi connectivity index (χ2n) is 6.83. The number of hydrazone groups is 1. The van der Waals surface area contributed by atoms with E-state index >= 15 is 0 Å². The molecule has 11 heteroatoms. The number of nitrogens with zero attached hydrogens (tertiary/aromatic N) is 4. The molecule has 0 aliphatic heterocycles. The molecule has 0 saturated carbocycles. The van der Waals surface area contributed by atoms with Gasteiger partial charge in [-0.05, 0) is 43.7 Å². The predicted molar refractivity (Wildman–Crippen MR) is 118 cm³/mol. The summed E-state index contributed by atoms with van der Waals surface area (Å²) in [6.45, 7) is 3.21. The van der Waals surface area contributed by atoms with Gasteiger partial charge in [-0.3, -0.25) is 29.2 Å². The molecule has 3 aromatic rings. The second-order valence-corrected chi connectivity index (χ2v) is 6.83. The van der Waals surface area contributed by atoms with Crippen LogP contribution < -0.4 is 16.3 Å². The van der Waals surface area contributed by atoms with Crippen LogP contribution in [0.3, 0.4) is 0 Å². The van der Waals surface area contributed by atoms with Crippen molar-refractivity contribution in [3.8, 4) is 5.69 Å². The number of nitro benzene ring substituents is 1. The molecule has 0 aliphatic rings. The SMILES string of the molecule is CC(=NNC(=O)C(=O)Nc1c(C)n(C)n(-c2ccccc2)c1=O)c1ccc([N+](=O)[O-])cc1. The van der Waals surface area contributed by atoms with E-state index in [1.165, 1.54) is 28.9 Å². The summed E-state index contributed by atoms with van der Waals surface area (Å²) >= 11 is 0. The van der Waals surface area contributed by atoms with Crippen LogP contribution in [-0.4, -0.2) is 31.8 Å². The molecule has 0 radical (unpaired) electrons. The number of hydrogen-bond acceptors (Lipinski definition) is 6. The van der Waals surface area contributed by atoms with Crippen LogP contribution in [0.2, 0.25) is 0 Å². The smallest absolute Gasteiger partial charge is 0.311 e. The highest BCUT2D eigenvalue weighted by atomic mass is 16.6. The average Bonchev–Trinajstić information content (AvgIpc) is 3.00. The first-order chi connectivity index (χ1) is 15.2. The van der Waals surface area contributed by atoms with Gasteiger partial charge in [-0.2, -0.15) is 5.10 Å². The van der Waals surface area contributed by atoms with Crippen molar-refractivity contribution in [1.29, 1.82) is 0 Å². The molecule has 1 aromatic heterocycles. The number of para-hydroxylation sites is 1. The number of carbonyl (C=O) groups is 2. The fourth-order valence-corrected chi connectivity index (χ4v) is 2.96. The van der Waals surface area contributed by atoms with Crippen LogP contribution in [0.15, 0.2) is 64.5 Å². The molecule has 0 fully saturated rings. The molecule has 2 aromatic carbocycles. The van der Waals surface area contributed by atoms with Crippen LogP contribution in [0.25, 0.3) is 5.69 Å². The summed E-state index contributed by atoms with van der Waals surface area (Å²) in [6, 6.07) is 14.4. The van der Waals surface area contributed by atoms with Gasteiger partial charge in [0.25, 0.3) is 11.2 Å². The largest absolute Gasteiger partial charge is 0.329 e. The van der Waals surface area contributed by atoms with Crippen molar-refractivity contribution < 1.29 is 14.5 Å². The summed E-state index contributed by atoms with van der Waals surface area (Å²) in [6.07, 6.45) is 0. The van der Waals surface area contributed by atoms with Gasteiger partial charge in [0, 0.05) is 19.2 Å². The van der Waals surface area contributed by atoms with Gasteiger partial charge in [0.05, 0.1) is 22.0 Å². The van der Waals surface area contributed by atoms with Crippen LogP contribution >= 0.6 is 0 Å². The van der Waals surface area contributed by atoms with E-state index in [1.54, 1.807) is 49.8 Å². The molecule has 0 aliphatic carbocycles. The van der Waals surface area contributed by atoms with Gasteiger partial charge in [0.1, 0.15) is 5.69 Å². The number of anilines is 1. The van der Waals surface area contributed by atoms with E-state index < -0.39 is 22.3 Å². The summed E-state index contributed by atoms with van der Waals surface area (Å²) in [7, 11) is 1.66. The fraction of sp³-hybridized carbons (Fsp3) is 0.143. The summed E-state index contributed by atoms with van der Waals surface area (Å²) < 4.78 is 2.95. The zero-order valence-electron chi connectivity index (χ0n) is 17.5. The average molecular weight is 436 g/mol. The number of carbonyl (C=O) groups excluding carboxylic acids is 2. The summed E-state index contributed by atoms with van der Waals surface area (Å²) in [4.78, 5) is 47.5. The lowest BCUT2D eigenvalue weighted by Gasteiger charge is -2.07. The van der Waals surface area contributed by atoms with Crippen molar-refractivity contribution in [2.45, 2.75) is 13.8 Å². The minimum Gasteiger partial charge on any atom is -0.311 e. The third kappa shape index (κ3) is 4.46. The molecule has 0 unspecified atom stereocenters. The molecule has 3 rings (SSSR count). The van der Waals surface area contributed by atoms with Crippen LogP contribution in [0.4, 0.5) is 11.4 Å². The van der Waals surface area contributed by atoms with Crippen molar-refractivity contribution in [2.24, 2.45) is 12.1 Å². The lowest BCUT2D eigenvalue weighted by Crippen LogP contribution is -2.34. The highest BCUT2D eigenvalue weighted by molar-refractivity contribution is 6.39. The molecule has 164 valence electrons. The zero-order valence-corrected chi connectivity index (χ0v) is 17.5. The molecule has 2 N–H and O–H groups in total. The van der Waals surface area contributed by atoms with Gasteiger partial charge in [-0.25, -0.2) is 10.1 Å². The Kier molecular flexibility index (Phi) is 6.29. The second kappa shape index (κ2) is 9.08. The first kappa shape index (κ1) is 22.2. The fourth-order valence-electron chi connectivity index (χ4n) is 2.96. The Hall–Kier alpha value is -4.54. The van der Waals surface area contributed by atoms with Gasteiger partial charge in [-0.15, -0.1) is 0 Å². The normalized spacial score (nSPS) is 11.2. The first-order valence-corrected chi connectivity index (χ1v) is 9.45. The molecule has 11 nitrogen and oxygen atoms in total. The number of rotatable bonds is 5. The van der Waals surface area contributed by atoms with Crippen LogP contribution in [-0.2, 0) is 16.6 Å². The highest BCUT2D eigenvalue weighted by Crippen LogP contribution is 2.14. The van der Waals surface area contributed by atoms with Gasteiger partial charge in [0.15, 0.2) is 0 Å². The molecule has 0 atom stereocenters. The lowest BCUT2D eigenvalue weighted by molar-refractivity contribution is -0.384. The van der Waals surface area contributed by atoms with E-state index in [-0.39, 0.29) is 11.4 Å². The van der Waals surface area contributed by atoms with Crippen LogP contribution in [0.1, 0.15) is 18.2 Å². The van der Waals surface area contributed by atoms with Crippen LogP contribution in [0.5, 0.6) is 0 Å². The number of non-ortho nitro benzene ring substituents is 1. The number of amides is 2. The number of nitro groups is 1. The first-order valence-electron chi connectivity index (χ1n) is 9.45. The third-order valence-corrected chi connectivity index (χ3v) is 4.82. The van der Waals surface area contributed by atoms with Crippen LogP contribution in [0, 0.1) is 17.0 Å². The van der Waals surface area contributed by atoms with E-state index in [1.807, 2.05) is 6.07 Å². The van der Waals surface area contributed by atoms with Crippen molar-refractivity contribution >= 4 is 28.9 Å². The number of hydrogen-bond donors (Lipinski definition) is 2. The van der Waals surface area contributed by atoms with E-state index in [9.17, 15) is 24.5 Å². The number of benzene rings is 2. The molecule has 2 amide bonds. The molecular weight excluding hydrogens is 416 g/mol. The molecule has 0 saturated heterocycles. The quantitative estimate of drug-likeness (QED) is 0.272. The zero-order chi connectivity index (χ0) is 23.4. The Bertz CT molecular complexity index is 1270. The minimum absolute atomic E-state index is 0.0208. The Morgan fingerprint density at radius 1 is 1.03 bits per heavy atom. The highest BCUT2D eigenvalue weighted by Gasteiger charge is 2.21. The monoisotopic (exact) mass is 436 g/mol. The minimum atomic E-state index is -1.07. The maximum Gasteiger partial charge on any atom is 0.329 e. The molecule has 1 heterocycles.